The SMILES string of the molecule is CN(C)CCNCCc1nc(-c2ccccn2)cs1. The van der Waals surface area contributed by atoms with Gasteiger partial charge in [-0.1, -0.05) is 6.07 Å². The lowest BCUT2D eigenvalue weighted by molar-refractivity contribution is 0.401. The summed E-state index contributed by atoms with van der Waals surface area (Å²) in [5.41, 5.74) is 1.93. The van der Waals surface area contributed by atoms with Crippen molar-refractivity contribution in [3.05, 3.63) is 34.8 Å². The third-order valence-electron chi connectivity index (χ3n) is 2.73. The lowest BCUT2D eigenvalue weighted by atomic mass is 10.3. The Balaban J connectivity index is 1.78. The van der Waals surface area contributed by atoms with Gasteiger partial charge in [0.15, 0.2) is 0 Å². The monoisotopic (exact) mass is 276 g/mol. The van der Waals surface area contributed by atoms with Crippen LogP contribution < -0.4 is 5.32 Å². The first kappa shape index (κ1) is 14.1. The Morgan fingerprint density at radius 3 is 2.84 bits per heavy atom. The molecule has 0 fully saturated rings. The van der Waals surface area contributed by atoms with E-state index in [9.17, 15) is 0 Å². The molecule has 2 aromatic rings. The van der Waals surface area contributed by atoms with E-state index < -0.39 is 0 Å². The molecule has 0 saturated heterocycles. The van der Waals surface area contributed by atoms with E-state index in [1.165, 1.54) is 0 Å². The number of hydrogen-bond donors (Lipinski definition) is 1. The van der Waals surface area contributed by atoms with Crippen LogP contribution in [0, 0.1) is 0 Å². The standard InChI is InChI=1S/C14H20N4S/c1-18(2)10-9-15-8-6-14-17-13(11-19-14)12-5-3-4-7-16-12/h3-5,7,11,15H,6,8-10H2,1-2H3. The van der Waals surface area contributed by atoms with E-state index in [-0.39, 0.29) is 0 Å². The van der Waals surface area contributed by atoms with Gasteiger partial charge in [0.05, 0.1) is 16.4 Å². The Bertz CT molecular complexity index is 481. The first-order chi connectivity index (χ1) is 9.25. The maximum Gasteiger partial charge on any atom is 0.0998 e. The van der Waals surface area contributed by atoms with Crippen LogP contribution in [0.3, 0.4) is 0 Å². The maximum absolute atomic E-state index is 4.62. The van der Waals surface area contributed by atoms with Crippen LogP contribution in [0.2, 0.25) is 0 Å². The van der Waals surface area contributed by atoms with Crippen LogP contribution in [-0.2, 0) is 6.42 Å². The van der Waals surface area contributed by atoms with E-state index in [4.69, 9.17) is 0 Å². The van der Waals surface area contributed by atoms with Crippen molar-refractivity contribution in [2.75, 3.05) is 33.7 Å². The van der Waals surface area contributed by atoms with Gasteiger partial charge in [-0.15, -0.1) is 11.3 Å². The van der Waals surface area contributed by atoms with E-state index >= 15 is 0 Å². The molecule has 0 amide bonds. The summed E-state index contributed by atoms with van der Waals surface area (Å²) in [4.78, 5) is 11.1. The van der Waals surface area contributed by atoms with E-state index in [0.717, 1.165) is 42.5 Å². The molecular formula is C14H20N4S. The Morgan fingerprint density at radius 2 is 2.11 bits per heavy atom. The summed E-state index contributed by atoms with van der Waals surface area (Å²) in [6.45, 7) is 3.06. The number of nitrogens with zero attached hydrogens (tertiary/aromatic N) is 3. The van der Waals surface area contributed by atoms with Gasteiger partial charge < -0.3 is 10.2 Å². The second kappa shape index (κ2) is 7.33. The minimum atomic E-state index is 0.950. The molecule has 2 aromatic heterocycles. The van der Waals surface area contributed by atoms with Crippen LogP contribution in [0.4, 0.5) is 0 Å². The van der Waals surface area contributed by atoms with Crippen molar-refractivity contribution in [1.82, 2.24) is 20.2 Å². The number of likely N-dealkylation sites (N-methyl/N-ethyl adjacent to an activating group) is 1. The summed E-state index contributed by atoms with van der Waals surface area (Å²) in [5.74, 6) is 0. The van der Waals surface area contributed by atoms with E-state index in [1.807, 2.05) is 18.2 Å². The molecule has 0 aliphatic rings. The number of aromatic nitrogens is 2. The van der Waals surface area contributed by atoms with Crippen molar-refractivity contribution in [2.24, 2.45) is 0 Å². The third-order valence-corrected chi connectivity index (χ3v) is 3.64. The molecule has 0 aliphatic heterocycles. The molecule has 0 aliphatic carbocycles. The van der Waals surface area contributed by atoms with Gasteiger partial charge >= 0.3 is 0 Å². The van der Waals surface area contributed by atoms with Gasteiger partial charge in [-0.25, -0.2) is 4.98 Å². The second-order valence-corrected chi connectivity index (χ2v) is 5.59. The Morgan fingerprint density at radius 1 is 1.21 bits per heavy atom. The van der Waals surface area contributed by atoms with E-state index in [0.29, 0.717) is 0 Å². The molecule has 0 atom stereocenters. The Labute approximate surface area is 118 Å². The van der Waals surface area contributed by atoms with Gasteiger partial charge in [0.2, 0.25) is 0 Å². The normalized spacial score (nSPS) is 11.1. The fraction of sp³-hybridized carbons (Fsp3) is 0.429. The van der Waals surface area contributed by atoms with Gasteiger partial charge in [0.1, 0.15) is 0 Å². The molecule has 2 rings (SSSR count). The average molecular weight is 276 g/mol. The minimum Gasteiger partial charge on any atom is -0.315 e. The number of rotatable bonds is 7. The summed E-state index contributed by atoms with van der Waals surface area (Å²) in [7, 11) is 4.17. The Kier molecular flexibility index (Phi) is 5.44. The highest BCUT2D eigenvalue weighted by Gasteiger charge is 2.04. The zero-order valence-electron chi connectivity index (χ0n) is 11.5. The quantitative estimate of drug-likeness (QED) is 0.784. The predicted molar refractivity (Wildman–Crippen MR) is 80.5 cm³/mol. The summed E-state index contributed by atoms with van der Waals surface area (Å²) in [6, 6.07) is 5.91. The highest BCUT2D eigenvalue weighted by atomic mass is 32.1. The third kappa shape index (κ3) is 4.70. The second-order valence-electron chi connectivity index (χ2n) is 4.64. The molecule has 0 spiro atoms. The van der Waals surface area contributed by atoms with Crippen LogP contribution in [0.25, 0.3) is 11.4 Å². The van der Waals surface area contributed by atoms with E-state index in [1.54, 1.807) is 17.5 Å². The van der Waals surface area contributed by atoms with Gasteiger partial charge in [-0.3, -0.25) is 4.98 Å². The molecule has 102 valence electrons. The van der Waals surface area contributed by atoms with Crippen molar-refractivity contribution in [3.8, 4) is 11.4 Å². The Hall–Kier alpha value is -1.30. The van der Waals surface area contributed by atoms with Crippen molar-refractivity contribution < 1.29 is 0 Å². The van der Waals surface area contributed by atoms with Crippen molar-refractivity contribution in [1.29, 1.82) is 0 Å². The molecule has 0 bridgehead atoms. The van der Waals surface area contributed by atoms with Gasteiger partial charge in [0, 0.05) is 37.6 Å². The molecule has 0 radical (unpaired) electrons. The average Bonchev–Trinajstić information content (AvgIpc) is 2.88. The fourth-order valence-electron chi connectivity index (χ4n) is 1.68. The number of nitrogens with one attached hydrogen (secondary N) is 1. The smallest absolute Gasteiger partial charge is 0.0998 e. The summed E-state index contributed by atoms with van der Waals surface area (Å²) < 4.78 is 0. The molecule has 2 heterocycles. The van der Waals surface area contributed by atoms with Crippen molar-refractivity contribution >= 4 is 11.3 Å². The molecule has 1 N–H and O–H groups in total. The molecule has 19 heavy (non-hydrogen) atoms. The molecule has 4 nitrogen and oxygen atoms in total. The zero-order valence-corrected chi connectivity index (χ0v) is 12.3. The van der Waals surface area contributed by atoms with Gasteiger partial charge in [-0.05, 0) is 26.2 Å². The highest BCUT2D eigenvalue weighted by Crippen LogP contribution is 2.19. The molecule has 0 saturated carbocycles. The molecule has 0 aromatic carbocycles. The lowest BCUT2D eigenvalue weighted by Crippen LogP contribution is -2.27. The van der Waals surface area contributed by atoms with Gasteiger partial charge in [-0.2, -0.15) is 0 Å². The van der Waals surface area contributed by atoms with Crippen LogP contribution in [-0.4, -0.2) is 48.6 Å². The van der Waals surface area contributed by atoms with Crippen LogP contribution in [0.5, 0.6) is 0 Å². The number of hydrogen-bond acceptors (Lipinski definition) is 5. The fourth-order valence-corrected chi connectivity index (χ4v) is 2.47. The minimum absolute atomic E-state index is 0.950. The van der Waals surface area contributed by atoms with E-state index in [2.05, 4.69) is 39.7 Å². The largest absolute Gasteiger partial charge is 0.315 e. The van der Waals surface area contributed by atoms with Crippen molar-refractivity contribution in [3.63, 3.8) is 0 Å². The maximum atomic E-state index is 4.62. The summed E-state index contributed by atoms with van der Waals surface area (Å²) in [6.07, 6.45) is 2.78. The highest BCUT2D eigenvalue weighted by molar-refractivity contribution is 7.09. The topological polar surface area (TPSA) is 41.0 Å². The number of thiazole rings is 1. The zero-order chi connectivity index (χ0) is 13.5. The predicted octanol–water partition coefficient (Wildman–Crippen LogP) is 1.90. The molecule has 0 unspecified atom stereocenters. The number of pyridine rings is 1. The first-order valence-electron chi connectivity index (χ1n) is 6.47. The van der Waals surface area contributed by atoms with Gasteiger partial charge in [0.25, 0.3) is 0 Å². The van der Waals surface area contributed by atoms with Crippen LogP contribution in [0.15, 0.2) is 29.8 Å². The van der Waals surface area contributed by atoms with Crippen LogP contribution in [0.1, 0.15) is 5.01 Å². The van der Waals surface area contributed by atoms with Crippen LogP contribution >= 0.6 is 11.3 Å². The molecule has 5 heteroatoms. The lowest BCUT2D eigenvalue weighted by Gasteiger charge is -2.09. The summed E-state index contributed by atoms with van der Waals surface area (Å²) in [5, 5.41) is 6.67. The van der Waals surface area contributed by atoms with Crippen molar-refractivity contribution in [2.45, 2.75) is 6.42 Å². The molecular weight excluding hydrogens is 256 g/mol. The first-order valence-corrected chi connectivity index (χ1v) is 7.35. The summed E-state index contributed by atoms with van der Waals surface area (Å²) >= 11 is 1.71.